The zero-order valence-corrected chi connectivity index (χ0v) is 11.4. The molecule has 2 aromatic rings. The lowest BCUT2D eigenvalue weighted by molar-refractivity contribution is 0.230. The van der Waals surface area contributed by atoms with E-state index in [4.69, 9.17) is 4.74 Å². The molecular formula is C14H20N4O. The Morgan fingerprint density at radius 2 is 2.11 bits per heavy atom. The van der Waals surface area contributed by atoms with Crippen LogP contribution in [0.25, 0.3) is 5.65 Å². The molecule has 0 unspecified atom stereocenters. The quantitative estimate of drug-likeness (QED) is 0.840. The Morgan fingerprint density at radius 3 is 2.89 bits per heavy atom. The number of pyridine rings is 1. The van der Waals surface area contributed by atoms with Crippen LogP contribution < -0.4 is 4.74 Å². The van der Waals surface area contributed by atoms with E-state index in [1.165, 1.54) is 32.4 Å². The van der Waals surface area contributed by atoms with Crippen molar-refractivity contribution in [3.8, 4) is 5.75 Å². The molecule has 0 aromatic carbocycles. The summed E-state index contributed by atoms with van der Waals surface area (Å²) in [4.78, 5) is 7.07. The molecule has 3 heterocycles. The van der Waals surface area contributed by atoms with Gasteiger partial charge in [0.1, 0.15) is 0 Å². The van der Waals surface area contributed by atoms with E-state index in [9.17, 15) is 0 Å². The summed E-state index contributed by atoms with van der Waals surface area (Å²) in [6.45, 7) is 3.49. The average molecular weight is 260 g/mol. The third kappa shape index (κ3) is 2.71. The number of hydrogen-bond acceptors (Lipinski definition) is 4. The van der Waals surface area contributed by atoms with Crippen molar-refractivity contribution in [1.82, 2.24) is 19.5 Å². The highest BCUT2D eigenvalue weighted by molar-refractivity contribution is 5.52. The van der Waals surface area contributed by atoms with Crippen LogP contribution >= 0.6 is 0 Å². The van der Waals surface area contributed by atoms with Crippen molar-refractivity contribution in [2.75, 3.05) is 26.7 Å². The van der Waals surface area contributed by atoms with Gasteiger partial charge in [0.05, 0.1) is 7.11 Å². The predicted octanol–water partition coefficient (Wildman–Crippen LogP) is 1.77. The van der Waals surface area contributed by atoms with Gasteiger partial charge in [-0.2, -0.15) is 5.10 Å². The minimum Gasteiger partial charge on any atom is -0.493 e. The second-order valence-corrected chi connectivity index (χ2v) is 5.03. The maximum absolute atomic E-state index is 5.30. The highest BCUT2D eigenvalue weighted by Gasteiger charge is 2.12. The molecule has 1 aliphatic rings. The van der Waals surface area contributed by atoms with Crippen LogP contribution in [0.5, 0.6) is 5.75 Å². The molecule has 5 heteroatoms. The number of aromatic nitrogens is 3. The first-order chi connectivity index (χ1) is 9.36. The summed E-state index contributed by atoms with van der Waals surface area (Å²) in [5.74, 6) is 1.68. The molecule has 2 aromatic heterocycles. The van der Waals surface area contributed by atoms with Crippen LogP contribution in [0.15, 0.2) is 18.3 Å². The molecule has 0 saturated carbocycles. The number of fused-ring (bicyclic) bond motifs is 1. The highest BCUT2D eigenvalue weighted by Crippen LogP contribution is 2.17. The fraction of sp³-hybridized carbons (Fsp3) is 0.571. The summed E-state index contributed by atoms with van der Waals surface area (Å²) in [6.07, 6.45) is 6.85. The second kappa shape index (κ2) is 5.57. The van der Waals surface area contributed by atoms with Crippen molar-refractivity contribution < 1.29 is 4.74 Å². The normalized spacial score (nSPS) is 16.9. The summed E-state index contributed by atoms with van der Waals surface area (Å²) in [7, 11) is 1.66. The zero-order chi connectivity index (χ0) is 13.1. The summed E-state index contributed by atoms with van der Waals surface area (Å²) in [5, 5.41) is 4.50. The van der Waals surface area contributed by atoms with Gasteiger partial charge in [-0.1, -0.05) is 6.42 Å². The van der Waals surface area contributed by atoms with Crippen LogP contribution in [-0.2, 0) is 6.42 Å². The topological polar surface area (TPSA) is 42.7 Å². The lowest BCUT2D eigenvalue weighted by Crippen LogP contribution is -2.31. The summed E-state index contributed by atoms with van der Waals surface area (Å²) < 4.78 is 7.10. The van der Waals surface area contributed by atoms with Crippen molar-refractivity contribution >= 4 is 5.65 Å². The van der Waals surface area contributed by atoms with Crippen molar-refractivity contribution in [2.24, 2.45) is 0 Å². The van der Waals surface area contributed by atoms with Crippen LogP contribution in [0.2, 0.25) is 0 Å². The van der Waals surface area contributed by atoms with E-state index >= 15 is 0 Å². The van der Waals surface area contributed by atoms with Gasteiger partial charge >= 0.3 is 0 Å². The lowest BCUT2D eigenvalue weighted by atomic mass is 10.1. The van der Waals surface area contributed by atoms with Crippen molar-refractivity contribution in [2.45, 2.75) is 25.7 Å². The monoisotopic (exact) mass is 260 g/mol. The Kier molecular flexibility index (Phi) is 3.64. The Hall–Kier alpha value is -1.62. The molecule has 0 amide bonds. The van der Waals surface area contributed by atoms with Gasteiger partial charge in [0.15, 0.2) is 17.2 Å². The fourth-order valence-electron chi connectivity index (χ4n) is 2.63. The van der Waals surface area contributed by atoms with Gasteiger partial charge in [0, 0.05) is 19.2 Å². The standard InChI is InChI=1S/C14H20N4O/c1-19-12-6-5-10-18-14(12)15-13(16-18)7-11-17-8-3-2-4-9-17/h5-6,10H,2-4,7-9,11H2,1H3. The third-order valence-corrected chi connectivity index (χ3v) is 3.69. The van der Waals surface area contributed by atoms with E-state index in [0.29, 0.717) is 0 Å². The molecule has 1 aliphatic heterocycles. The van der Waals surface area contributed by atoms with Crippen molar-refractivity contribution in [3.05, 3.63) is 24.2 Å². The largest absolute Gasteiger partial charge is 0.493 e. The van der Waals surface area contributed by atoms with Gasteiger partial charge in [-0.15, -0.1) is 0 Å². The van der Waals surface area contributed by atoms with Gasteiger partial charge in [0.2, 0.25) is 0 Å². The van der Waals surface area contributed by atoms with Gasteiger partial charge in [-0.3, -0.25) is 0 Å². The van der Waals surface area contributed by atoms with E-state index in [0.717, 1.165) is 30.2 Å². The van der Waals surface area contributed by atoms with Crippen LogP contribution in [-0.4, -0.2) is 46.2 Å². The van der Waals surface area contributed by atoms with E-state index in [2.05, 4.69) is 15.0 Å². The molecule has 0 spiro atoms. The average Bonchev–Trinajstić information content (AvgIpc) is 2.89. The summed E-state index contributed by atoms with van der Waals surface area (Å²) >= 11 is 0. The third-order valence-electron chi connectivity index (χ3n) is 3.69. The Balaban J connectivity index is 1.70. The first-order valence-corrected chi connectivity index (χ1v) is 6.97. The molecule has 5 nitrogen and oxygen atoms in total. The van der Waals surface area contributed by atoms with Crippen molar-refractivity contribution in [3.63, 3.8) is 0 Å². The molecule has 0 aliphatic carbocycles. The highest BCUT2D eigenvalue weighted by atomic mass is 16.5. The summed E-state index contributed by atoms with van der Waals surface area (Å²) in [6, 6.07) is 3.84. The molecular weight excluding hydrogens is 240 g/mol. The zero-order valence-electron chi connectivity index (χ0n) is 11.4. The predicted molar refractivity (Wildman–Crippen MR) is 73.5 cm³/mol. The number of rotatable bonds is 4. The number of methoxy groups -OCH3 is 1. The number of piperidine rings is 1. The number of hydrogen-bond donors (Lipinski definition) is 0. The number of likely N-dealkylation sites (tertiary alicyclic amines) is 1. The second-order valence-electron chi connectivity index (χ2n) is 5.03. The number of ether oxygens (including phenoxy) is 1. The Morgan fingerprint density at radius 1 is 1.26 bits per heavy atom. The lowest BCUT2D eigenvalue weighted by Gasteiger charge is -2.25. The molecule has 0 radical (unpaired) electrons. The summed E-state index contributed by atoms with van der Waals surface area (Å²) in [5.41, 5.74) is 0.804. The first-order valence-electron chi connectivity index (χ1n) is 6.97. The van der Waals surface area contributed by atoms with Gasteiger partial charge in [-0.05, 0) is 38.1 Å². The Labute approximate surface area is 113 Å². The van der Waals surface area contributed by atoms with E-state index in [1.807, 2.05) is 18.3 Å². The molecule has 0 atom stereocenters. The molecule has 102 valence electrons. The van der Waals surface area contributed by atoms with E-state index < -0.39 is 0 Å². The smallest absolute Gasteiger partial charge is 0.198 e. The first kappa shape index (κ1) is 12.4. The maximum atomic E-state index is 5.30. The van der Waals surface area contributed by atoms with Crippen LogP contribution in [0.3, 0.4) is 0 Å². The number of nitrogens with zero attached hydrogens (tertiary/aromatic N) is 4. The molecule has 1 fully saturated rings. The molecule has 19 heavy (non-hydrogen) atoms. The van der Waals surface area contributed by atoms with E-state index in [-0.39, 0.29) is 0 Å². The minimum atomic E-state index is 0.777. The van der Waals surface area contributed by atoms with Gasteiger partial charge < -0.3 is 9.64 Å². The SMILES string of the molecule is COc1cccn2nc(CCN3CCCCC3)nc12. The molecule has 3 rings (SSSR count). The van der Waals surface area contributed by atoms with E-state index in [1.54, 1.807) is 11.6 Å². The van der Waals surface area contributed by atoms with Gasteiger partial charge in [-0.25, -0.2) is 9.50 Å². The fourth-order valence-corrected chi connectivity index (χ4v) is 2.63. The molecule has 1 saturated heterocycles. The van der Waals surface area contributed by atoms with Crippen LogP contribution in [0.1, 0.15) is 25.1 Å². The van der Waals surface area contributed by atoms with Crippen molar-refractivity contribution in [1.29, 1.82) is 0 Å². The van der Waals surface area contributed by atoms with Gasteiger partial charge in [0.25, 0.3) is 0 Å². The maximum Gasteiger partial charge on any atom is 0.198 e. The molecule has 0 bridgehead atoms. The van der Waals surface area contributed by atoms with Crippen LogP contribution in [0, 0.1) is 0 Å². The minimum absolute atomic E-state index is 0.777. The Bertz CT molecular complexity index is 545. The van der Waals surface area contributed by atoms with Crippen LogP contribution in [0.4, 0.5) is 0 Å². The molecule has 0 N–H and O–H groups in total.